The summed E-state index contributed by atoms with van der Waals surface area (Å²) in [5.74, 6) is 0.622. The van der Waals surface area contributed by atoms with Crippen molar-refractivity contribution in [2.45, 2.75) is 11.1 Å². The van der Waals surface area contributed by atoms with Crippen molar-refractivity contribution in [3.05, 3.63) is 65.2 Å². The monoisotopic (exact) mass is 415 g/mol. The van der Waals surface area contributed by atoms with Crippen molar-refractivity contribution in [3.63, 3.8) is 0 Å². The number of nitrogens with one attached hydrogen (secondary N) is 1. The lowest BCUT2D eigenvalue weighted by Gasteiger charge is -2.13. The predicted molar refractivity (Wildman–Crippen MR) is 97.8 cm³/mol. The second-order valence-corrected chi connectivity index (χ2v) is 7.76. The van der Waals surface area contributed by atoms with Gasteiger partial charge in [0.2, 0.25) is 0 Å². The van der Waals surface area contributed by atoms with Crippen LogP contribution >= 0.6 is 11.6 Å². The van der Waals surface area contributed by atoms with Crippen molar-refractivity contribution in [2.75, 3.05) is 11.8 Å². The lowest BCUT2D eigenvalue weighted by atomic mass is 10.1. The van der Waals surface area contributed by atoms with Crippen LogP contribution in [0.2, 0.25) is 5.02 Å². The van der Waals surface area contributed by atoms with Crippen molar-refractivity contribution in [1.82, 2.24) is 0 Å². The highest BCUT2D eigenvalue weighted by molar-refractivity contribution is 7.92. The molecular formula is C18H13ClF3NO3S. The van der Waals surface area contributed by atoms with E-state index < -0.39 is 26.8 Å². The summed E-state index contributed by atoms with van der Waals surface area (Å²) >= 11 is 5.55. The molecule has 1 N–H and O–H groups in total. The Morgan fingerprint density at radius 1 is 0.963 bits per heavy atom. The summed E-state index contributed by atoms with van der Waals surface area (Å²) in [4.78, 5) is -0.0799. The highest BCUT2D eigenvalue weighted by Gasteiger charge is 2.33. The standard InChI is InChI=1S/C18H13ClF3NO3S/c1-26-14-5-2-12-9-15(6-3-11(12)8-14)27(24,25)23-13-4-7-17(19)16(10-13)18(20,21)22/h2-10,23H,1H3. The first-order valence-corrected chi connectivity index (χ1v) is 9.44. The number of benzene rings is 3. The molecule has 0 aliphatic heterocycles. The van der Waals surface area contributed by atoms with E-state index in [1.165, 1.54) is 25.3 Å². The Bertz CT molecular complexity index is 1110. The maximum absolute atomic E-state index is 12.9. The fourth-order valence-corrected chi connectivity index (χ4v) is 3.83. The first-order valence-electron chi connectivity index (χ1n) is 7.57. The van der Waals surface area contributed by atoms with E-state index in [2.05, 4.69) is 4.72 Å². The van der Waals surface area contributed by atoms with Crippen molar-refractivity contribution in [3.8, 4) is 5.75 Å². The first-order chi connectivity index (χ1) is 12.6. The lowest BCUT2D eigenvalue weighted by molar-refractivity contribution is -0.137. The highest BCUT2D eigenvalue weighted by atomic mass is 35.5. The lowest BCUT2D eigenvalue weighted by Crippen LogP contribution is -2.14. The van der Waals surface area contributed by atoms with Crippen LogP contribution in [-0.2, 0) is 16.2 Å². The molecule has 0 atom stereocenters. The van der Waals surface area contributed by atoms with E-state index >= 15 is 0 Å². The topological polar surface area (TPSA) is 55.4 Å². The fourth-order valence-electron chi connectivity index (χ4n) is 2.52. The van der Waals surface area contributed by atoms with Crippen LogP contribution in [0, 0.1) is 0 Å². The van der Waals surface area contributed by atoms with E-state index in [0.29, 0.717) is 17.2 Å². The van der Waals surface area contributed by atoms with Crippen LogP contribution in [-0.4, -0.2) is 15.5 Å². The van der Waals surface area contributed by atoms with Gasteiger partial charge in [-0.1, -0.05) is 23.7 Å². The van der Waals surface area contributed by atoms with Gasteiger partial charge in [-0.05, 0) is 53.2 Å². The molecular weight excluding hydrogens is 403 g/mol. The number of fused-ring (bicyclic) bond motifs is 1. The predicted octanol–water partition coefficient (Wildman–Crippen LogP) is 5.32. The molecule has 0 saturated carbocycles. The van der Waals surface area contributed by atoms with Gasteiger partial charge in [-0.25, -0.2) is 8.42 Å². The van der Waals surface area contributed by atoms with Gasteiger partial charge in [-0.3, -0.25) is 4.72 Å². The second-order valence-electron chi connectivity index (χ2n) is 5.67. The van der Waals surface area contributed by atoms with E-state index in [-0.39, 0.29) is 10.6 Å². The number of rotatable bonds is 4. The molecule has 142 valence electrons. The van der Waals surface area contributed by atoms with Gasteiger partial charge in [-0.15, -0.1) is 0 Å². The van der Waals surface area contributed by atoms with Gasteiger partial charge in [0.1, 0.15) is 5.75 Å². The summed E-state index contributed by atoms with van der Waals surface area (Å²) in [5.41, 5.74) is -1.35. The quantitative estimate of drug-likeness (QED) is 0.627. The van der Waals surface area contributed by atoms with E-state index in [4.69, 9.17) is 16.3 Å². The number of anilines is 1. The number of methoxy groups -OCH3 is 1. The van der Waals surface area contributed by atoms with Crippen LogP contribution in [0.1, 0.15) is 5.56 Å². The van der Waals surface area contributed by atoms with Gasteiger partial charge in [-0.2, -0.15) is 13.2 Å². The first kappa shape index (κ1) is 19.3. The Morgan fingerprint density at radius 3 is 2.30 bits per heavy atom. The molecule has 0 amide bonds. The minimum absolute atomic E-state index is 0.0799. The Hall–Kier alpha value is -2.45. The Morgan fingerprint density at radius 2 is 1.63 bits per heavy atom. The third kappa shape index (κ3) is 4.12. The summed E-state index contributed by atoms with van der Waals surface area (Å²) < 4.78 is 71.2. The van der Waals surface area contributed by atoms with Crippen LogP contribution in [0.25, 0.3) is 10.8 Å². The molecule has 3 aromatic carbocycles. The third-order valence-corrected chi connectivity index (χ3v) is 5.56. The van der Waals surface area contributed by atoms with Crippen LogP contribution < -0.4 is 9.46 Å². The largest absolute Gasteiger partial charge is 0.497 e. The smallest absolute Gasteiger partial charge is 0.417 e. The zero-order valence-corrected chi connectivity index (χ0v) is 15.4. The molecule has 0 heterocycles. The molecule has 0 aromatic heterocycles. The molecule has 0 unspecified atom stereocenters. The number of hydrogen-bond acceptors (Lipinski definition) is 3. The van der Waals surface area contributed by atoms with Crippen LogP contribution in [0.3, 0.4) is 0 Å². The Labute approximate surface area is 158 Å². The molecule has 4 nitrogen and oxygen atoms in total. The molecule has 0 aliphatic rings. The van der Waals surface area contributed by atoms with Gasteiger partial charge >= 0.3 is 6.18 Å². The van der Waals surface area contributed by atoms with Crippen molar-refractivity contribution in [2.24, 2.45) is 0 Å². The summed E-state index contributed by atoms with van der Waals surface area (Å²) in [6.45, 7) is 0. The number of hydrogen-bond donors (Lipinski definition) is 1. The SMILES string of the molecule is COc1ccc2cc(S(=O)(=O)Nc3ccc(Cl)c(C(F)(F)F)c3)ccc2c1. The van der Waals surface area contributed by atoms with Gasteiger partial charge in [0.05, 0.1) is 22.6 Å². The van der Waals surface area contributed by atoms with Crippen LogP contribution in [0.4, 0.5) is 18.9 Å². The molecule has 9 heteroatoms. The van der Waals surface area contributed by atoms with E-state index in [0.717, 1.165) is 11.5 Å². The number of sulfonamides is 1. The number of halogens is 4. The molecule has 0 spiro atoms. The second kappa shape index (κ2) is 6.94. The summed E-state index contributed by atoms with van der Waals surface area (Å²) in [6.07, 6.45) is -4.69. The summed E-state index contributed by atoms with van der Waals surface area (Å²) in [7, 11) is -2.57. The molecule has 0 fully saturated rings. The van der Waals surface area contributed by atoms with Crippen molar-refractivity contribution in [1.29, 1.82) is 0 Å². The molecule has 0 bridgehead atoms. The average molecular weight is 416 g/mol. The van der Waals surface area contributed by atoms with E-state index in [1.807, 2.05) is 0 Å². The Kier molecular flexibility index (Phi) is 4.96. The molecule has 0 radical (unpaired) electrons. The molecule has 0 aliphatic carbocycles. The number of alkyl halides is 3. The third-order valence-electron chi connectivity index (χ3n) is 3.85. The van der Waals surface area contributed by atoms with Crippen molar-refractivity contribution >= 4 is 38.1 Å². The van der Waals surface area contributed by atoms with Crippen molar-refractivity contribution < 1.29 is 26.3 Å². The summed E-state index contributed by atoms with van der Waals surface area (Å²) in [5, 5.41) is 0.898. The maximum Gasteiger partial charge on any atom is 0.417 e. The highest BCUT2D eigenvalue weighted by Crippen LogP contribution is 2.36. The average Bonchev–Trinajstić information content (AvgIpc) is 2.61. The Balaban J connectivity index is 1.96. The van der Waals surface area contributed by atoms with Gasteiger partial charge in [0.15, 0.2) is 0 Å². The minimum atomic E-state index is -4.69. The van der Waals surface area contributed by atoms with E-state index in [1.54, 1.807) is 24.3 Å². The van der Waals surface area contributed by atoms with Gasteiger partial charge in [0.25, 0.3) is 10.0 Å². The minimum Gasteiger partial charge on any atom is -0.497 e. The van der Waals surface area contributed by atoms with Crippen LogP contribution in [0.15, 0.2) is 59.5 Å². The van der Waals surface area contributed by atoms with Gasteiger partial charge in [0, 0.05) is 5.69 Å². The van der Waals surface area contributed by atoms with E-state index in [9.17, 15) is 21.6 Å². The zero-order valence-electron chi connectivity index (χ0n) is 13.8. The van der Waals surface area contributed by atoms with Crippen LogP contribution in [0.5, 0.6) is 5.75 Å². The normalized spacial score (nSPS) is 12.2. The summed E-state index contributed by atoms with van der Waals surface area (Å²) in [6, 6.07) is 12.3. The fraction of sp³-hybridized carbons (Fsp3) is 0.111. The maximum atomic E-state index is 12.9. The molecule has 27 heavy (non-hydrogen) atoms. The molecule has 0 saturated heterocycles. The molecule has 3 aromatic rings. The number of ether oxygens (including phenoxy) is 1. The molecule has 3 rings (SSSR count). The van der Waals surface area contributed by atoms with Gasteiger partial charge < -0.3 is 4.74 Å². The zero-order chi connectivity index (χ0) is 19.8.